The van der Waals surface area contributed by atoms with Crippen LogP contribution in [-0.4, -0.2) is 15.6 Å². The first-order chi connectivity index (χ1) is 6.02. The summed E-state index contributed by atoms with van der Waals surface area (Å²) in [7, 11) is 0. The molecule has 0 N–H and O–H groups in total. The molecule has 0 saturated heterocycles. The molecule has 0 atom stereocenters. The van der Waals surface area contributed by atoms with E-state index in [4.69, 9.17) is 0 Å². The van der Waals surface area contributed by atoms with Crippen LogP contribution in [0, 0.1) is 12.8 Å². The summed E-state index contributed by atoms with van der Waals surface area (Å²) in [5.41, 5.74) is 1.71. The quantitative estimate of drug-likeness (QED) is 0.667. The van der Waals surface area contributed by atoms with Gasteiger partial charge in [-0.3, -0.25) is 9.48 Å². The van der Waals surface area contributed by atoms with Crippen LogP contribution in [-0.2, 0) is 6.54 Å². The first-order valence-corrected chi connectivity index (χ1v) is 4.55. The minimum Gasteiger partial charge on any atom is -0.294 e. The van der Waals surface area contributed by atoms with E-state index in [-0.39, 0.29) is 5.78 Å². The average Bonchev–Trinajstić information content (AvgIpc) is 2.32. The fraction of sp³-hybridized carbons (Fsp3) is 0.600. The molecule has 13 heavy (non-hydrogen) atoms. The standard InChI is InChI=1S/C10H16N2O/c1-7(2)6-12-8(3)10(5-11-12)9(4)13/h5,7H,6H2,1-4H3. The molecule has 3 heteroatoms. The minimum absolute atomic E-state index is 0.0903. The Bertz CT molecular complexity index is 313. The maximum absolute atomic E-state index is 11.1. The molecule has 0 amide bonds. The van der Waals surface area contributed by atoms with Crippen molar-refractivity contribution in [2.45, 2.75) is 34.2 Å². The van der Waals surface area contributed by atoms with Crippen molar-refractivity contribution in [3.8, 4) is 0 Å². The van der Waals surface area contributed by atoms with Crippen molar-refractivity contribution in [2.24, 2.45) is 5.92 Å². The van der Waals surface area contributed by atoms with Crippen LogP contribution in [0.5, 0.6) is 0 Å². The maximum atomic E-state index is 11.1. The van der Waals surface area contributed by atoms with Crippen molar-refractivity contribution in [3.63, 3.8) is 0 Å². The highest BCUT2D eigenvalue weighted by molar-refractivity contribution is 5.94. The number of carbonyl (C=O) groups is 1. The van der Waals surface area contributed by atoms with E-state index in [2.05, 4.69) is 18.9 Å². The zero-order valence-corrected chi connectivity index (χ0v) is 8.66. The molecule has 0 saturated carbocycles. The third-order valence-electron chi connectivity index (χ3n) is 2.02. The molecule has 3 nitrogen and oxygen atoms in total. The highest BCUT2D eigenvalue weighted by atomic mass is 16.1. The first-order valence-electron chi connectivity index (χ1n) is 4.55. The summed E-state index contributed by atoms with van der Waals surface area (Å²) in [5, 5.41) is 4.17. The number of rotatable bonds is 3. The van der Waals surface area contributed by atoms with Gasteiger partial charge in [0.25, 0.3) is 0 Å². The van der Waals surface area contributed by atoms with Crippen LogP contribution < -0.4 is 0 Å². The lowest BCUT2D eigenvalue weighted by atomic mass is 10.2. The molecule has 0 unspecified atom stereocenters. The van der Waals surface area contributed by atoms with Gasteiger partial charge in [0, 0.05) is 12.2 Å². The molecule has 0 aliphatic heterocycles. The van der Waals surface area contributed by atoms with Gasteiger partial charge in [-0.05, 0) is 19.8 Å². The van der Waals surface area contributed by atoms with Gasteiger partial charge < -0.3 is 0 Å². The molecule has 0 aromatic carbocycles. The second-order valence-corrected chi connectivity index (χ2v) is 3.78. The fourth-order valence-corrected chi connectivity index (χ4v) is 1.32. The van der Waals surface area contributed by atoms with Gasteiger partial charge in [0.15, 0.2) is 5.78 Å². The minimum atomic E-state index is 0.0903. The van der Waals surface area contributed by atoms with Crippen molar-refractivity contribution in [1.82, 2.24) is 9.78 Å². The summed E-state index contributed by atoms with van der Waals surface area (Å²) in [6.07, 6.45) is 1.65. The third kappa shape index (κ3) is 2.17. The molecule has 72 valence electrons. The summed E-state index contributed by atoms with van der Waals surface area (Å²) in [6, 6.07) is 0. The molecule has 0 fully saturated rings. The lowest BCUT2D eigenvalue weighted by molar-refractivity contribution is 0.101. The summed E-state index contributed by atoms with van der Waals surface area (Å²) < 4.78 is 1.89. The van der Waals surface area contributed by atoms with Crippen LogP contribution >= 0.6 is 0 Å². The van der Waals surface area contributed by atoms with Crippen molar-refractivity contribution >= 4 is 5.78 Å². The van der Waals surface area contributed by atoms with Crippen LogP contribution in [0.2, 0.25) is 0 Å². The first kappa shape index (κ1) is 9.96. The Hall–Kier alpha value is -1.12. The number of carbonyl (C=O) groups excluding carboxylic acids is 1. The molecule has 0 aliphatic carbocycles. The molecular formula is C10H16N2O. The summed E-state index contributed by atoms with van der Waals surface area (Å²) in [4.78, 5) is 11.1. The third-order valence-corrected chi connectivity index (χ3v) is 2.02. The molecule has 1 rings (SSSR count). The lowest BCUT2D eigenvalue weighted by Gasteiger charge is -2.07. The van der Waals surface area contributed by atoms with Crippen LogP contribution in [0.1, 0.15) is 36.8 Å². The molecule has 0 aliphatic rings. The average molecular weight is 180 g/mol. The lowest BCUT2D eigenvalue weighted by Crippen LogP contribution is -2.08. The topological polar surface area (TPSA) is 34.9 Å². The van der Waals surface area contributed by atoms with E-state index in [0.29, 0.717) is 5.92 Å². The number of hydrogen-bond acceptors (Lipinski definition) is 2. The number of Topliss-reactive ketones (excluding diaryl/α,β-unsaturated/α-hetero) is 1. The normalized spacial score (nSPS) is 10.8. The van der Waals surface area contributed by atoms with E-state index < -0.39 is 0 Å². The van der Waals surface area contributed by atoms with Crippen LogP contribution in [0.4, 0.5) is 0 Å². The van der Waals surface area contributed by atoms with Gasteiger partial charge in [-0.2, -0.15) is 5.10 Å². The van der Waals surface area contributed by atoms with Gasteiger partial charge >= 0.3 is 0 Å². The van der Waals surface area contributed by atoms with E-state index >= 15 is 0 Å². The van der Waals surface area contributed by atoms with Crippen molar-refractivity contribution in [3.05, 3.63) is 17.5 Å². The molecule has 1 aromatic rings. The van der Waals surface area contributed by atoms with Gasteiger partial charge in [0.05, 0.1) is 11.8 Å². The van der Waals surface area contributed by atoms with E-state index in [1.54, 1.807) is 13.1 Å². The van der Waals surface area contributed by atoms with Crippen LogP contribution in [0.15, 0.2) is 6.20 Å². The molecule has 0 spiro atoms. The highest BCUT2D eigenvalue weighted by Gasteiger charge is 2.10. The number of nitrogens with zero attached hydrogens (tertiary/aromatic N) is 2. The number of hydrogen-bond donors (Lipinski definition) is 0. The van der Waals surface area contributed by atoms with Gasteiger partial charge in [0.2, 0.25) is 0 Å². The summed E-state index contributed by atoms with van der Waals surface area (Å²) in [6.45, 7) is 8.65. The molecular weight excluding hydrogens is 164 g/mol. The maximum Gasteiger partial charge on any atom is 0.163 e. The Morgan fingerprint density at radius 1 is 1.62 bits per heavy atom. The smallest absolute Gasteiger partial charge is 0.163 e. The fourth-order valence-electron chi connectivity index (χ4n) is 1.32. The molecule has 1 aromatic heterocycles. The second kappa shape index (κ2) is 3.73. The largest absolute Gasteiger partial charge is 0.294 e. The van der Waals surface area contributed by atoms with Crippen LogP contribution in [0.25, 0.3) is 0 Å². The number of ketones is 1. The Labute approximate surface area is 78.8 Å². The van der Waals surface area contributed by atoms with Crippen LogP contribution in [0.3, 0.4) is 0 Å². The highest BCUT2D eigenvalue weighted by Crippen LogP contribution is 2.09. The zero-order valence-electron chi connectivity index (χ0n) is 8.66. The van der Waals surface area contributed by atoms with E-state index in [1.165, 1.54) is 0 Å². The predicted octanol–water partition coefficient (Wildman–Crippen LogP) is 2.05. The predicted molar refractivity (Wildman–Crippen MR) is 51.8 cm³/mol. The SMILES string of the molecule is CC(=O)c1cnn(CC(C)C)c1C. The Kier molecular flexibility index (Phi) is 2.86. The van der Waals surface area contributed by atoms with Gasteiger partial charge in [-0.15, -0.1) is 0 Å². The van der Waals surface area contributed by atoms with E-state index in [0.717, 1.165) is 17.8 Å². The Morgan fingerprint density at radius 3 is 2.62 bits per heavy atom. The molecule has 0 radical (unpaired) electrons. The van der Waals surface area contributed by atoms with E-state index in [1.807, 2.05) is 11.6 Å². The molecule has 1 heterocycles. The van der Waals surface area contributed by atoms with Crippen molar-refractivity contribution in [2.75, 3.05) is 0 Å². The van der Waals surface area contributed by atoms with E-state index in [9.17, 15) is 4.79 Å². The second-order valence-electron chi connectivity index (χ2n) is 3.78. The van der Waals surface area contributed by atoms with Crippen molar-refractivity contribution in [1.29, 1.82) is 0 Å². The summed E-state index contributed by atoms with van der Waals surface area (Å²) in [5.74, 6) is 0.644. The Balaban J connectivity index is 2.93. The van der Waals surface area contributed by atoms with Gasteiger partial charge in [-0.1, -0.05) is 13.8 Å². The number of aromatic nitrogens is 2. The summed E-state index contributed by atoms with van der Waals surface area (Å²) >= 11 is 0. The molecule has 0 bridgehead atoms. The zero-order chi connectivity index (χ0) is 10.0. The van der Waals surface area contributed by atoms with Gasteiger partial charge in [0.1, 0.15) is 0 Å². The Morgan fingerprint density at radius 2 is 2.23 bits per heavy atom. The monoisotopic (exact) mass is 180 g/mol. The van der Waals surface area contributed by atoms with Crippen molar-refractivity contribution < 1.29 is 4.79 Å². The van der Waals surface area contributed by atoms with Gasteiger partial charge in [-0.25, -0.2) is 0 Å².